The first-order valence-corrected chi connectivity index (χ1v) is 12.2. The summed E-state index contributed by atoms with van der Waals surface area (Å²) in [6, 6.07) is 8.15. The van der Waals surface area contributed by atoms with E-state index in [9.17, 15) is 4.79 Å². The number of carbonyl (C=O) groups excluding carboxylic acids is 1. The van der Waals surface area contributed by atoms with Crippen molar-refractivity contribution in [1.29, 1.82) is 0 Å². The number of nitrogens with zero attached hydrogens (tertiary/aromatic N) is 3. The second-order valence-corrected chi connectivity index (χ2v) is 9.98. The van der Waals surface area contributed by atoms with Crippen molar-refractivity contribution in [2.45, 2.75) is 46.3 Å². The third-order valence-corrected chi connectivity index (χ3v) is 6.09. The van der Waals surface area contributed by atoms with Crippen LogP contribution in [-0.4, -0.2) is 67.5 Å². The van der Waals surface area contributed by atoms with Crippen LogP contribution in [0.2, 0.25) is 0 Å². The lowest BCUT2D eigenvalue weighted by atomic mass is 10.0. The highest BCUT2D eigenvalue weighted by Gasteiger charge is 2.25. The largest absolute Gasteiger partial charge is 0.443 e. The summed E-state index contributed by atoms with van der Waals surface area (Å²) in [7, 11) is 0. The Balaban J connectivity index is 1.50. The lowest BCUT2D eigenvalue weighted by Crippen LogP contribution is -2.44. The highest BCUT2D eigenvalue weighted by atomic mass is 16.6. The molecule has 2 aliphatic heterocycles. The summed E-state index contributed by atoms with van der Waals surface area (Å²) in [5.74, 6) is 0.825. The molecule has 0 unspecified atom stereocenters. The number of ether oxygens (including phenoxy) is 2. The Hall–Kier alpha value is -2.68. The summed E-state index contributed by atoms with van der Waals surface area (Å²) >= 11 is 0. The van der Waals surface area contributed by atoms with Crippen LogP contribution in [0.5, 0.6) is 0 Å². The van der Waals surface area contributed by atoms with Crippen LogP contribution in [0.15, 0.2) is 30.5 Å². The highest BCUT2D eigenvalue weighted by molar-refractivity contribution is 5.89. The van der Waals surface area contributed by atoms with Crippen molar-refractivity contribution >= 4 is 23.3 Å². The number of amides is 1. The molecule has 184 valence electrons. The third-order valence-electron chi connectivity index (χ3n) is 6.09. The normalized spacial score (nSPS) is 16.6. The zero-order chi connectivity index (χ0) is 24.1. The van der Waals surface area contributed by atoms with E-state index >= 15 is 0 Å². The van der Waals surface area contributed by atoms with Crippen LogP contribution in [-0.2, 0) is 22.4 Å². The zero-order valence-electron chi connectivity index (χ0n) is 20.8. The molecule has 0 saturated carbocycles. The summed E-state index contributed by atoms with van der Waals surface area (Å²) in [6.45, 7) is 14.1. The van der Waals surface area contributed by atoms with E-state index in [1.165, 1.54) is 11.1 Å². The van der Waals surface area contributed by atoms with Gasteiger partial charge in [-0.1, -0.05) is 0 Å². The van der Waals surface area contributed by atoms with Crippen molar-refractivity contribution in [3.63, 3.8) is 0 Å². The quantitative estimate of drug-likeness (QED) is 0.668. The van der Waals surface area contributed by atoms with Crippen molar-refractivity contribution < 1.29 is 14.3 Å². The van der Waals surface area contributed by atoms with E-state index in [0.717, 1.165) is 75.1 Å². The second kappa shape index (κ2) is 10.7. The molecule has 4 rings (SSSR count). The van der Waals surface area contributed by atoms with Crippen LogP contribution in [0, 0.1) is 6.92 Å². The average Bonchev–Trinajstić information content (AvgIpc) is 2.80. The summed E-state index contributed by atoms with van der Waals surface area (Å²) in [5.41, 5.74) is 4.83. The number of pyridine rings is 1. The number of rotatable bonds is 6. The van der Waals surface area contributed by atoms with E-state index < -0.39 is 5.60 Å². The van der Waals surface area contributed by atoms with Gasteiger partial charge in [0.25, 0.3) is 0 Å². The van der Waals surface area contributed by atoms with Gasteiger partial charge in [0.1, 0.15) is 11.4 Å². The minimum Gasteiger partial charge on any atom is -0.443 e. The Morgan fingerprint density at radius 3 is 2.76 bits per heavy atom. The fourth-order valence-electron chi connectivity index (χ4n) is 4.31. The van der Waals surface area contributed by atoms with Crippen LogP contribution < -0.4 is 15.5 Å². The van der Waals surface area contributed by atoms with Crippen LogP contribution >= 0.6 is 0 Å². The van der Waals surface area contributed by atoms with Crippen molar-refractivity contribution in [3.05, 3.63) is 47.2 Å². The highest BCUT2D eigenvalue weighted by Crippen LogP contribution is 2.27. The molecule has 2 aliphatic rings. The molecule has 0 radical (unpaired) electrons. The average molecular weight is 468 g/mol. The van der Waals surface area contributed by atoms with Crippen molar-refractivity contribution in [3.8, 4) is 0 Å². The van der Waals surface area contributed by atoms with E-state index in [1.54, 1.807) is 4.90 Å². The Bertz CT molecular complexity index is 998. The van der Waals surface area contributed by atoms with Gasteiger partial charge in [-0.15, -0.1) is 0 Å². The molecule has 2 N–H and O–H groups in total. The van der Waals surface area contributed by atoms with Gasteiger partial charge in [-0.05, 0) is 81.6 Å². The summed E-state index contributed by atoms with van der Waals surface area (Å²) < 4.78 is 11.2. The molecule has 1 fully saturated rings. The molecule has 0 aliphatic carbocycles. The molecule has 1 aromatic heterocycles. The van der Waals surface area contributed by atoms with E-state index in [1.807, 2.05) is 46.0 Å². The fourth-order valence-corrected chi connectivity index (χ4v) is 4.31. The molecule has 0 bridgehead atoms. The van der Waals surface area contributed by atoms with E-state index in [0.29, 0.717) is 6.54 Å². The van der Waals surface area contributed by atoms with E-state index in [-0.39, 0.29) is 6.09 Å². The van der Waals surface area contributed by atoms with Crippen molar-refractivity contribution in [2.24, 2.45) is 0 Å². The minimum absolute atomic E-state index is 0.326. The standard InChI is InChI=1S/C26H37N5O3/c1-19-15-22(29-24-16-21-17-27-8-7-20(21)18-28-24)5-6-23(19)31(25(32)34-26(2,3)4)10-9-30-11-13-33-14-12-30/h5-6,15-16,18,27H,7-14,17H2,1-4H3,(H,28,29). The van der Waals surface area contributed by atoms with Gasteiger partial charge >= 0.3 is 6.09 Å². The SMILES string of the molecule is Cc1cc(Nc2cc3c(cn2)CCNC3)ccc1N(CCN1CCOCC1)C(=O)OC(C)(C)C. The molecule has 0 atom stereocenters. The molecule has 0 spiro atoms. The number of aryl methyl sites for hydroxylation is 1. The maximum atomic E-state index is 13.1. The van der Waals surface area contributed by atoms with Gasteiger partial charge < -0.3 is 20.1 Å². The maximum Gasteiger partial charge on any atom is 0.414 e. The Kier molecular flexibility index (Phi) is 7.70. The molecule has 1 aromatic carbocycles. The second-order valence-electron chi connectivity index (χ2n) is 9.98. The monoisotopic (exact) mass is 467 g/mol. The first kappa shape index (κ1) is 24.4. The van der Waals surface area contributed by atoms with Crippen molar-refractivity contribution in [2.75, 3.05) is 56.2 Å². The number of nitrogens with one attached hydrogen (secondary N) is 2. The van der Waals surface area contributed by atoms with Gasteiger partial charge in [-0.3, -0.25) is 9.80 Å². The molecule has 2 aromatic rings. The van der Waals surface area contributed by atoms with Crippen molar-refractivity contribution in [1.82, 2.24) is 15.2 Å². The molecule has 8 heteroatoms. The number of aromatic nitrogens is 1. The van der Waals surface area contributed by atoms with Gasteiger partial charge in [0.2, 0.25) is 0 Å². The van der Waals surface area contributed by atoms with Crippen LogP contribution in [0.1, 0.15) is 37.5 Å². The topological polar surface area (TPSA) is 79.0 Å². The van der Waals surface area contributed by atoms with E-state index in [2.05, 4.69) is 32.7 Å². The number of morpholine rings is 1. The lowest BCUT2D eigenvalue weighted by Gasteiger charge is -2.32. The number of benzene rings is 1. The number of anilines is 3. The van der Waals surface area contributed by atoms with Crippen LogP contribution in [0.25, 0.3) is 0 Å². The lowest BCUT2D eigenvalue weighted by molar-refractivity contribution is 0.0375. The Morgan fingerprint density at radius 2 is 2.03 bits per heavy atom. The van der Waals surface area contributed by atoms with Gasteiger partial charge in [-0.25, -0.2) is 9.78 Å². The smallest absolute Gasteiger partial charge is 0.414 e. The molecule has 34 heavy (non-hydrogen) atoms. The Morgan fingerprint density at radius 1 is 1.24 bits per heavy atom. The van der Waals surface area contributed by atoms with Gasteiger partial charge in [0.05, 0.1) is 18.9 Å². The first-order chi connectivity index (χ1) is 16.3. The van der Waals surface area contributed by atoms with Gasteiger partial charge in [0.15, 0.2) is 0 Å². The number of hydrogen-bond acceptors (Lipinski definition) is 7. The molecule has 1 amide bonds. The van der Waals surface area contributed by atoms with Gasteiger partial charge in [0, 0.05) is 44.6 Å². The van der Waals surface area contributed by atoms with E-state index in [4.69, 9.17) is 9.47 Å². The third kappa shape index (κ3) is 6.46. The first-order valence-electron chi connectivity index (χ1n) is 12.2. The minimum atomic E-state index is -0.559. The predicted molar refractivity (Wildman–Crippen MR) is 135 cm³/mol. The molecule has 8 nitrogen and oxygen atoms in total. The predicted octanol–water partition coefficient (Wildman–Crippen LogP) is 3.85. The summed E-state index contributed by atoms with van der Waals surface area (Å²) in [4.78, 5) is 21.8. The number of fused-ring (bicyclic) bond motifs is 1. The fraction of sp³-hybridized carbons (Fsp3) is 0.538. The zero-order valence-corrected chi connectivity index (χ0v) is 20.8. The van der Waals surface area contributed by atoms with Crippen LogP contribution in [0.3, 0.4) is 0 Å². The molecular weight excluding hydrogens is 430 g/mol. The molecule has 1 saturated heterocycles. The van der Waals surface area contributed by atoms with Crippen LogP contribution in [0.4, 0.5) is 22.0 Å². The number of hydrogen-bond donors (Lipinski definition) is 2. The Labute approximate surface area is 202 Å². The molecular formula is C26H37N5O3. The summed E-state index contributed by atoms with van der Waals surface area (Å²) in [6.07, 6.45) is 2.66. The molecule has 3 heterocycles. The van der Waals surface area contributed by atoms with Gasteiger partial charge in [-0.2, -0.15) is 0 Å². The number of carbonyl (C=O) groups is 1. The summed E-state index contributed by atoms with van der Waals surface area (Å²) in [5, 5.41) is 6.82. The maximum absolute atomic E-state index is 13.1.